The third kappa shape index (κ3) is 3.35. The first-order valence-corrected chi connectivity index (χ1v) is 7.03. The average Bonchev–Trinajstić information content (AvgIpc) is 2.91. The number of rotatable bonds is 5. The van der Waals surface area contributed by atoms with Crippen LogP contribution in [0.4, 0.5) is 5.69 Å². The number of aromatic nitrogens is 2. The van der Waals surface area contributed by atoms with Crippen LogP contribution in [0.1, 0.15) is 25.7 Å². The molecule has 0 radical (unpaired) electrons. The van der Waals surface area contributed by atoms with Gasteiger partial charge in [0, 0.05) is 26.2 Å². The number of nitrogens with zero attached hydrogens (tertiary/aromatic N) is 3. The number of anilines is 1. The zero-order valence-corrected chi connectivity index (χ0v) is 12.1. The molecular formula is C14H24N4O. The molecule has 1 unspecified atom stereocenters. The summed E-state index contributed by atoms with van der Waals surface area (Å²) in [5.74, 6) is 0.673. The molecule has 1 aromatic rings. The summed E-state index contributed by atoms with van der Waals surface area (Å²) in [5.41, 5.74) is 0.826. The normalized spacial score (nSPS) is 17.6. The Bertz CT molecular complexity index is 463. The van der Waals surface area contributed by atoms with E-state index in [1.165, 1.54) is 25.7 Å². The van der Waals surface area contributed by atoms with Gasteiger partial charge in [0.15, 0.2) is 0 Å². The van der Waals surface area contributed by atoms with Crippen LogP contribution in [-0.4, -0.2) is 37.0 Å². The molecule has 19 heavy (non-hydrogen) atoms. The fourth-order valence-corrected chi connectivity index (χ4v) is 2.83. The van der Waals surface area contributed by atoms with Crippen LogP contribution in [0, 0.1) is 5.92 Å². The summed E-state index contributed by atoms with van der Waals surface area (Å²) in [6, 6.07) is 1.99. The fraction of sp³-hybridized carbons (Fsp3) is 0.714. The fourth-order valence-electron chi connectivity index (χ4n) is 2.83. The van der Waals surface area contributed by atoms with Crippen LogP contribution in [-0.2, 0) is 6.54 Å². The zero-order valence-electron chi connectivity index (χ0n) is 12.1. The lowest BCUT2D eigenvalue weighted by molar-refractivity contribution is 0.323. The van der Waals surface area contributed by atoms with Gasteiger partial charge in [-0.1, -0.05) is 12.8 Å². The van der Waals surface area contributed by atoms with E-state index in [1.807, 2.05) is 26.0 Å². The highest BCUT2D eigenvalue weighted by atomic mass is 16.1. The summed E-state index contributed by atoms with van der Waals surface area (Å²) in [7, 11) is 5.80. The van der Waals surface area contributed by atoms with E-state index in [-0.39, 0.29) is 5.56 Å². The van der Waals surface area contributed by atoms with E-state index < -0.39 is 0 Å². The van der Waals surface area contributed by atoms with E-state index in [4.69, 9.17) is 0 Å². The van der Waals surface area contributed by atoms with Crippen molar-refractivity contribution in [3.05, 3.63) is 22.6 Å². The Morgan fingerprint density at radius 1 is 1.47 bits per heavy atom. The highest BCUT2D eigenvalue weighted by Crippen LogP contribution is 2.28. The zero-order chi connectivity index (χ0) is 13.8. The first kappa shape index (κ1) is 14.1. The number of nitrogens with one attached hydrogen (secondary N) is 1. The van der Waals surface area contributed by atoms with Gasteiger partial charge in [-0.05, 0) is 25.8 Å². The Morgan fingerprint density at radius 3 is 2.68 bits per heavy atom. The predicted molar refractivity (Wildman–Crippen MR) is 77.6 cm³/mol. The average molecular weight is 264 g/mol. The van der Waals surface area contributed by atoms with E-state index in [1.54, 1.807) is 16.9 Å². The first-order chi connectivity index (χ1) is 9.11. The van der Waals surface area contributed by atoms with Crippen molar-refractivity contribution in [3.8, 4) is 0 Å². The van der Waals surface area contributed by atoms with Crippen molar-refractivity contribution in [2.45, 2.75) is 38.3 Å². The Morgan fingerprint density at radius 2 is 2.16 bits per heavy atom. The molecule has 0 saturated heterocycles. The monoisotopic (exact) mass is 264 g/mol. The van der Waals surface area contributed by atoms with Crippen LogP contribution in [0.3, 0.4) is 0 Å². The Hall–Kier alpha value is -1.36. The summed E-state index contributed by atoms with van der Waals surface area (Å²) in [4.78, 5) is 14.0. The molecule has 1 saturated carbocycles. The van der Waals surface area contributed by atoms with Crippen LogP contribution in [0.5, 0.6) is 0 Å². The Labute approximate surface area is 114 Å². The van der Waals surface area contributed by atoms with Crippen LogP contribution in [0.15, 0.2) is 17.1 Å². The van der Waals surface area contributed by atoms with Gasteiger partial charge in [0.1, 0.15) is 0 Å². The number of hydrogen-bond donors (Lipinski definition) is 1. The summed E-state index contributed by atoms with van der Waals surface area (Å²) >= 11 is 0. The van der Waals surface area contributed by atoms with E-state index in [2.05, 4.69) is 10.4 Å². The van der Waals surface area contributed by atoms with Crippen molar-refractivity contribution in [1.29, 1.82) is 0 Å². The first-order valence-electron chi connectivity index (χ1n) is 7.03. The second kappa shape index (κ2) is 6.19. The number of hydrogen-bond acceptors (Lipinski definition) is 4. The molecule has 1 atom stereocenters. The number of likely N-dealkylation sites (N-methyl/N-ethyl adjacent to an activating group) is 1. The van der Waals surface area contributed by atoms with Gasteiger partial charge >= 0.3 is 0 Å². The van der Waals surface area contributed by atoms with Crippen LogP contribution in [0.25, 0.3) is 0 Å². The molecule has 5 heteroatoms. The molecule has 1 heterocycles. The molecule has 0 bridgehead atoms. The molecule has 5 nitrogen and oxygen atoms in total. The largest absolute Gasteiger partial charge is 0.376 e. The van der Waals surface area contributed by atoms with Crippen molar-refractivity contribution in [2.24, 2.45) is 5.92 Å². The van der Waals surface area contributed by atoms with Gasteiger partial charge in [-0.2, -0.15) is 5.10 Å². The summed E-state index contributed by atoms with van der Waals surface area (Å²) in [6.07, 6.45) is 6.89. The molecule has 1 N–H and O–H groups in total. The smallest absolute Gasteiger partial charge is 0.268 e. The van der Waals surface area contributed by atoms with Gasteiger partial charge in [0.2, 0.25) is 0 Å². The van der Waals surface area contributed by atoms with Crippen molar-refractivity contribution >= 4 is 5.69 Å². The van der Waals surface area contributed by atoms with Crippen LogP contribution < -0.4 is 15.8 Å². The molecule has 0 aliphatic heterocycles. The molecule has 106 valence electrons. The molecule has 0 aromatic carbocycles. The van der Waals surface area contributed by atoms with Crippen molar-refractivity contribution in [3.63, 3.8) is 0 Å². The minimum atomic E-state index is -0.0237. The lowest BCUT2D eigenvalue weighted by Gasteiger charge is -2.23. The SMILES string of the molecule is CNC(Cn1ncc(N(C)C)cc1=O)C1CCCC1. The lowest BCUT2D eigenvalue weighted by Crippen LogP contribution is -2.40. The lowest BCUT2D eigenvalue weighted by atomic mass is 9.98. The predicted octanol–water partition coefficient (Wildman–Crippen LogP) is 1.09. The van der Waals surface area contributed by atoms with Crippen LogP contribution in [0.2, 0.25) is 0 Å². The maximum Gasteiger partial charge on any atom is 0.268 e. The van der Waals surface area contributed by atoms with Gasteiger partial charge in [0.05, 0.1) is 18.4 Å². The van der Waals surface area contributed by atoms with E-state index in [0.29, 0.717) is 18.5 Å². The second-order valence-corrected chi connectivity index (χ2v) is 5.57. The molecule has 2 rings (SSSR count). The van der Waals surface area contributed by atoms with Gasteiger partial charge in [-0.15, -0.1) is 0 Å². The second-order valence-electron chi connectivity index (χ2n) is 5.57. The Kier molecular flexibility index (Phi) is 4.58. The molecule has 0 amide bonds. The van der Waals surface area contributed by atoms with Gasteiger partial charge in [-0.3, -0.25) is 4.79 Å². The van der Waals surface area contributed by atoms with Gasteiger partial charge < -0.3 is 10.2 Å². The van der Waals surface area contributed by atoms with Gasteiger partial charge in [0.25, 0.3) is 5.56 Å². The third-order valence-corrected chi connectivity index (χ3v) is 4.08. The Balaban J connectivity index is 2.11. The van der Waals surface area contributed by atoms with Crippen molar-refractivity contribution in [1.82, 2.24) is 15.1 Å². The topological polar surface area (TPSA) is 50.2 Å². The molecule has 1 aliphatic carbocycles. The molecule has 1 fully saturated rings. The summed E-state index contributed by atoms with van der Waals surface area (Å²) < 4.78 is 1.58. The summed E-state index contributed by atoms with van der Waals surface area (Å²) in [5, 5.41) is 7.63. The van der Waals surface area contributed by atoms with E-state index in [0.717, 1.165) is 5.69 Å². The van der Waals surface area contributed by atoms with E-state index in [9.17, 15) is 4.79 Å². The molecular weight excluding hydrogens is 240 g/mol. The highest BCUT2D eigenvalue weighted by Gasteiger charge is 2.24. The molecule has 0 spiro atoms. The van der Waals surface area contributed by atoms with Crippen LogP contribution >= 0.6 is 0 Å². The van der Waals surface area contributed by atoms with E-state index >= 15 is 0 Å². The standard InChI is InChI=1S/C14H24N4O/c1-15-13(11-6-4-5-7-11)10-18-14(19)8-12(9-16-18)17(2)3/h8-9,11,13,15H,4-7,10H2,1-3H3. The molecule has 1 aliphatic rings. The quantitative estimate of drug-likeness (QED) is 0.865. The van der Waals surface area contributed by atoms with Crippen molar-refractivity contribution < 1.29 is 0 Å². The maximum absolute atomic E-state index is 12.1. The molecule has 1 aromatic heterocycles. The van der Waals surface area contributed by atoms with Crippen molar-refractivity contribution in [2.75, 3.05) is 26.0 Å². The minimum Gasteiger partial charge on any atom is -0.376 e. The minimum absolute atomic E-state index is 0.0237. The van der Waals surface area contributed by atoms with Gasteiger partial charge in [-0.25, -0.2) is 4.68 Å². The highest BCUT2D eigenvalue weighted by molar-refractivity contribution is 5.40. The maximum atomic E-state index is 12.1. The summed E-state index contributed by atoms with van der Waals surface area (Å²) in [6.45, 7) is 0.660. The third-order valence-electron chi connectivity index (χ3n) is 4.08.